The molecule has 2 aliphatic heterocycles. The van der Waals surface area contributed by atoms with Crippen LogP contribution in [0.4, 0.5) is 0 Å². The SMILES string of the molecule is Cc1cccn(CC(=O)N2CCN(Cc3ccc4c(c3)OCO4)CC2)c1=O. The Morgan fingerprint density at radius 1 is 1.07 bits per heavy atom. The van der Waals surface area contributed by atoms with E-state index >= 15 is 0 Å². The topological polar surface area (TPSA) is 64.0 Å². The van der Waals surface area contributed by atoms with Crippen LogP contribution < -0.4 is 15.0 Å². The molecule has 0 unspecified atom stereocenters. The molecular formula is C20H23N3O4. The second-order valence-corrected chi connectivity index (χ2v) is 6.97. The summed E-state index contributed by atoms with van der Waals surface area (Å²) in [5.74, 6) is 1.58. The first-order valence-corrected chi connectivity index (χ1v) is 9.15. The maximum absolute atomic E-state index is 12.5. The van der Waals surface area contributed by atoms with Crippen molar-refractivity contribution in [3.63, 3.8) is 0 Å². The number of carbonyl (C=O) groups excluding carboxylic acids is 1. The van der Waals surface area contributed by atoms with Gasteiger partial charge in [0.15, 0.2) is 11.5 Å². The zero-order chi connectivity index (χ0) is 18.8. The third-order valence-electron chi connectivity index (χ3n) is 5.08. The molecular weight excluding hydrogens is 346 g/mol. The zero-order valence-corrected chi connectivity index (χ0v) is 15.4. The minimum absolute atomic E-state index is 0.00886. The molecule has 1 aromatic heterocycles. The summed E-state index contributed by atoms with van der Waals surface area (Å²) in [7, 11) is 0. The standard InChI is InChI=1S/C20H23N3O4/c1-15-3-2-6-23(20(15)25)13-19(24)22-9-7-21(8-10-22)12-16-4-5-17-18(11-16)27-14-26-17/h2-6,11H,7-10,12-14H2,1H3. The van der Waals surface area contributed by atoms with Gasteiger partial charge < -0.3 is 18.9 Å². The Morgan fingerprint density at radius 2 is 1.85 bits per heavy atom. The normalized spacial score (nSPS) is 16.6. The number of piperazine rings is 1. The van der Waals surface area contributed by atoms with Gasteiger partial charge in [-0.2, -0.15) is 0 Å². The van der Waals surface area contributed by atoms with Crippen LogP contribution in [0.2, 0.25) is 0 Å². The monoisotopic (exact) mass is 369 g/mol. The molecule has 27 heavy (non-hydrogen) atoms. The molecule has 0 saturated carbocycles. The third kappa shape index (κ3) is 3.83. The molecule has 1 aromatic carbocycles. The van der Waals surface area contributed by atoms with Crippen LogP contribution in [0.15, 0.2) is 41.3 Å². The molecule has 1 saturated heterocycles. The molecule has 142 valence electrons. The summed E-state index contributed by atoms with van der Waals surface area (Å²) in [6, 6.07) is 9.57. The maximum atomic E-state index is 12.5. The predicted octanol–water partition coefficient (Wildman–Crippen LogP) is 1.23. The molecule has 0 atom stereocenters. The fraction of sp³-hybridized carbons (Fsp3) is 0.400. The summed E-state index contributed by atoms with van der Waals surface area (Å²) < 4.78 is 12.3. The molecule has 0 spiro atoms. The molecule has 1 amide bonds. The Hall–Kier alpha value is -2.80. The van der Waals surface area contributed by atoms with E-state index in [4.69, 9.17) is 9.47 Å². The molecule has 0 N–H and O–H groups in total. The lowest BCUT2D eigenvalue weighted by Gasteiger charge is -2.35. The van der Waals surface area contributed by atoms with E-state index in [0.29, 0.717) is 18.7 Å². The number of benzene rings is 1. The van der Waals surface area contributed by atoms with Gasteiger partial charge in [0.2, 0.25) is 12.7 Å². The number of fused-ring (bicyclic) bond motifs is 1. The van der Waals surface area contributed by atoms with E-state index in [-0.39, 0.29) is 24.8 Å². The van der Waals surface area contributed by atoms with Crippen molar-refractivity contribution in [1.29, 1.82) is 0 Å². The van der Waals surface area contributed by atoms with Crippen molar-refractivity contribution >= 4 is 5.91 Å². The number of aromatic nitrogens is 1. The van der Waals surface area contributed by atoms with Crippen LogP contribution in [-0.4, -0.2) is 53.2 Å². The van der Waals surface area contributed by atoms with Crippen molar-refractivity contribution in [2.75, 3.05) is 33.0 Å². The highest BCUT2D eigenvalue weighted by Crippen LogP contribution is 2.32. The molecule has 2 aliphatic rings. The fourth-order valence-corrected chi connectivity index (χ4v) is 3.48. The first kappa shape index (κ1) is 17.6. The van der Waals surface area contributed by atoms with Gasteiger partial charge in [0, 0.05) is 44.5 Å². The van der Waals surface area contributed by atoms with Gasteiger partial charge in [0.25, 0.3) is 5.56 Å². The summed E-state index contributed by atoms with van der Waals surface area (Å²) in [6.45, 7) is 5.92. The molecule has 1 fully saturated rings. The highest BCUT2D eigenvalue weighted by atomic mass is 16.7. The number of rotatable bonds is 4. The van der Waals surface area contributed by atoms with Crippen LogP contribution in [0, 0.1) is 6.92 Å². The minimum atomic E-state index is -0.104. The Bertz CT molecular complexity index is 900. The lowest BCUT2D eigenvalue weighted by molar-refractivity contribution is -0.133. The van der Waals surface area contributed by atoms with Crippen LogP contribution in [0.3, 0.4) is 0 Å². The third-order valence-corrected chi connectivity index (χ3v) is 5.08. The fourth-order valence-electron chi connectivity index (χ4n) is 3.48. The van der Waals surface area contributed by atoms with Gasteiger partial charge in [-0.15, -0.1) is 0 Å². The summed E-state index contributed by atoms with van der Waals surface area (Å²) >= 11 is 0. The van der Waals surface area contributed by atoms with E-state index in [0.717, 1.165) is 31.1 Å². The van der Waals surface area contributed by atoms with E-state index in [1.54, 1.807) is 25.3 Å². The van der Waals surface area contributed by atoms with Crippen LogP contribution in [0.5, 0.6) is 11.5 Å². The van der Waals surface area contributed by atoms with Gasteiger partial charge in [0.05, 0.1) is 0 Å². The van der Waals surface area contributed by atoms with E-state index in [2.05, 4.69) is 11.0 Å². The van der Waals surface area contributed by atoms with Crippen molar-refractivity contribution in [3.8, 4) is 11.5 Å². The van der Waals surface area contributed by atoms with E-state index in [1.807, 2.05) is 17.0 Å². The van der Waals surface area contributed by atoms with Crippen LogP contribution in [0.1, 0.15) is 11.1 Å². The number of pyridine rings is 1. The highest BCUT2D eigenvalue weighted by molar-refractivity contribution is 5.76. The highest BCUT2D eigenvalue weighted by Gasteiger charge is 2.22. The molecule has 7 nitrogen and oxygen atoms in total. The van der Waals surface area contributed by atoms with Gasteiger partial charge in [-0.1, -0.05) is 12.1 Å². The summed E-state index contributed by atoms with van der Waals surface area (Å²) in [4.78, 5) is 28.8. The van der Waals surface area contributed by atoms with Gasteiger partial charge in [-0.25, -0.2) is 0 Å². The maximum Gasteiger partial charge on any atom is 0.253 e. The van der Waals surface area contributed by atoms with Crippen LogP contribution >= 0.6 is 0 Å². The van der Waals surface area contributed by atoms with Gasteiger partial charge >= 0.3 is 0 Å². The quantitative estimate of drug-likeness (QED) is 0.811. The molecule has 0 bridgehead atoms. The van der Waals surface area contributed by atoms with Crippen molar-refractivity contribution < 1.29 is 14.3 Å². The Morgan fingerprint density at radius 3 is 2.67 bits per heavy atom. The largest absolute Gasteiger partial charge is 0.454 e. The van der Waals surface area contributed by atoms with Crippen molar-refractivity contribution in [2.24, 2.45) is 0 Å². The van der Waals surface area contributed by atoms with Crippen LogP contribution in [0.25, 0.3) is 0 Å². The first-order valence-electron chi connectivity index (χ1n) is 9.15. The molecule has 0 radical (unpaired) electrons. The van der Waals surface area contributed by atoms with Crippen molar-refractivity contribution in [1.82, 2.24) is 14.4 Å². The Labute approximate surface area is 157 Å². The van der Waals surface area contributed by atoms with Crippen molar-refractivity contribution in [2.45, 2.75) is 20.0 Å². The van der Waals surface area contributed by atoms with Crippen LogP contribution in [-0.2, 0) is 17.9 Å². The molecule has 0 aliphatic carbocycles. The summed E-state index contributed by atoms with van der Waals surface area (Å²) in [5.41, 5.74) is 1.72. The van der Waals surface area contributed by atoms with E-state index < -0.39 is 0 Å². The second kappa shape index (κ2) is 7.44. The molecule has 3 heterocycles. The predicted molar refractivity (Wildman–Crippen MR) is 99.9 cm³/mol. The summed E-state index contributed by atoms with van der Waals surface area (Å²) in [5, 5.41) is 0. The summed E-state index contributed by atoms with van der Waals surface area (Å²) in [6.07, 6.45) is 1.67. The smallest absolute Gasteiger partial charge is 0.253 e. The lowest BCUT2D eigenvalue weighted by Crippen LogP contribution is -2.49. The van der Waals surface area contributed by atoms with E-state index in [1.165, 1.54) is 10.1 Å². The first-order chi connectivity index (χ1) is 13.1. The number of hydrogen-bond donors (Lipinski definition) is 0. The number of ether oxygens (including phenoxy) is 2. The van der Waals surface area contributed by atoms with Gasteiger partial charge in [0.1, 0.15) is 6.54 Å². The number of aryl methyl sites for hydroxylation is 1. The average molecular weight is 369 g/mol. The van der Waals surface area contributed by atoms with Gasteiger partial charge in [-0.3, -0.25) is 14.5 Å². The average Bonchev–Trinajstić information content (AvgIpc) is 3.14. The molecule has 4 rings (SSSR count). The second-order valence-electron chi connectivity index (χ2n) is 6.97. The Balaban J connectivity index is 1.31. The molecule has 7 heteroatoms. The zero-order valence-electron chi connectivity index (χ0n) is 15.4. The van der Waals surface area contributed by atoms with Crippen molar-refractivity contribution in [3.05, 3.63) is 58.0 Å². The minimum Gasteiger partial charge on any atom is -0.454 e. The number of nitrogens with zero attached hydrogens (tertiary/aromatic N) is 3. The Kier molecular flexibility index (Phi) is 4.85. The number of amides is 1. The number of carbonyl (C=O) groups is 1. The molecule has 2 aromatic rings. The van der Waals surface area contributed by atoms with E-state index in [9.17, 15) is 9.59 Å². The van der Waals surface area contributed by atoms with Gasteiger partial charge in [-0.05, 0) is 30.7 Å². The number of hydrogen-bond acceptors (Lipinski definition) is 5. The lowest BCUT2D eigenvalue weighted by atomic mass is 10.1.